The van der Waals surface area contributed by atoms with Gasteiger partial charge >= 0.3 is 5.97 Å². The Morgan fingerprint density at radius 1 is 0.971 bits per heavy atom. The van der Waals surface area contributed by atoms with Gasteiger partial charge < -0.3 is 32.3 Å². The zero-order valence-electron chi connectivity index (χ0n) is 20.2. The zero-order chi connectivity index (χ0) is 26.5. The molecule has 1 rings (SSSR count). The number of amides is 2. The SMILES string of the molecule is CC[C@H](NC(=O)[C@@H](CCC(=O)O)CC(=O)[C@H](Cc1ccc(O)cc1)NC(=O)[C@@H](N)CCN)C(C)=O. The lowest BCUT2D eigenvalue weighted by molar-refractivity contribution is -0.138. The van der Waals surface area contributed by atoms with E-state index in [0.29, 0.717) is 12.0 Å². The maximum Gasteiger partial charge on any atom is 0.303 e. The molecular weight excluding hydrogens is 456 g/mol. The van der Waals surface area contributed by atoms with Crippen LogP contribution in [0.4, 0.5) is 0 Å². The number of phenols is 1. The highest BCUT2D eigenvalue weighted by Gasteiger charge is 2.30. The second kappa shape index (κ2) is 14.8. The largest absolute Gasteiger partial charge is 0.508 e. The number of phenolic OH excluding ortho intramolecular Hbond substituents is 1. The van der Waals surface area contributed by atoms with Gasteiger partial charge in [-0.2, -0.15) is 0 Å². The van der Waals surface area contributed by atoms with Gasteiger partial charge in [-0.3, -0.25) is 24.0 Å². The van der Waals surface area contributed by atoms with Crippen LogP contribution in [0.2, 0.25) is 0 Å². The Morgan fingerprint density at radius 3 is 2.09 bits per heavy atom. The van der Waals surface area contributed by atoms with Crippen molar-refractivity contribution < 1.29 is 34.2 Å². The molecule has 11 heteroatoms. The monoisotopic (exact) mass is 492 g/mol. The fourth-order valence-electron chi connectivity index (χ4n) is 3.49. The molecule has 0 heterocycles. The highest BCUT2D eigenvalue weighted by molar-refractivity contribution is 5.95. The third kappa shape index (κ3) is 10.7. The molecule has 0 bridgehead atoms. The van der Waals surface area contributed by atoms with E-state index >= 15 is 0 Å². The van der Waals surface area contributed by atoms with Crippen LogP contribution in [0.5, 0.6) is 5.75 Å². The molecule has 4 atom stereocenters. The second-order valence-electron chi connectivity index (χ2n) is 8.50. The van der Waals surface area contributed by atoms with Gasteiger partial charge in [0.15, 0.2) is 11.6 Å². The van der Waals surface area contributed by atoms with E-state index in [0.717, 1.165) is 0 Å². The van der Waals surface area contributed by atoms with E-state index in [9.17, 15) is 29.1 Å². The smallest absolute Gasteiger partial charge is 0.303 e. The Bertz CT molecular complexity index is 888. The molecule has 194 valence electrons. The summed E-state index contributed by atoms with van der Waals surface area (Å²) in [5, 5.41) is 23.8. The average Bonchev–Trinajstić information content (AvgIpc) is 2.80. The molecule has 0 spiro atoms. The average molecular weight is 493 g/mol. The number of carbonyl (C=O) groups excluding carboxylic acids is 4. The van der Waals surface area contributed by atoms with E-state index in [1.165, 1.54) is 19.1 Å². The maximum atomic E-state index is 13.3. The van der Waals surface area contributed by atoms with Crippen molar-refractivity contribution in [3.63, 3.8) is 0 Å². The van der Waals surface area contributed by atoms with Crippen LogP contribution in [0.1, 0.15) is 51.5 Å². The number of rotatable bonds is 16. The minimum Gasteiger partial charge on any atom is -0.508 e. The zero-order valence-corrected chi connectivity index (χ0v) is 20.2. The molecule has 1 aromatic carbocycles. The molecule has 8 N–H and O–H groups in total. The van der Waals surface area contributed by atoms with Crippen molar-refractivity contribution in [2.24, 2.45) is 17.4 Å². The summed E-state index contributed by atoms with van der Waals surface area (Å²) in [6.07, 6.45) is -0.189. The van der Waals surface area contributed by atoms with Crippen molar-refractivity contribution >= 4 is 29.4 Å². The first kappa shape index (κ1) is 29.7. The number of ketones is 2. The molecule has 0 saturated heterocycles. The molecule has 2 amide bonds. The lowest BCUT2D eigenvalue weighted by atomic mass is 9.90. The van der Waals surface area contributed by atoms with Crippen molar-refractivity contribution in [1.82, 2.24) is 10.6 Å². The molecular formula is C24H36N4O7. The Labute approximate surface area is 204 Å². The highest BCUT2D eigenvalue weighted by Crippen LogP contribution is 2.18. The van der Waals surface area contributed by atoms with E-state index in [4.69, 9.17) is 16.6 Å². The van der Waals surface area contributed by atoms with Gasteiger partial charge in [0.1, 0.15) is 5.75 Å². The maximum absolute atomic E-state index is 13.3. The predicted octanol–water partition coefficient (Wildman–Crippen LogP) is 0.0196. The highest BCUT2D eigenvalue weighted by atomic mass is 16.4. The molecule has 0 radical (unpaired) electrons. The number of Topliss-reactive ketones (excluding diaryl/α,β-unsaturated/α-hetero) is 2. The molecule has 1 aromatic rings. The number of hydrogen-bond donors (Lipinski definition) is 6. The fraction of sp³-hybridized carbons (Fsp3) is 0.542. The summed E-state index contributed by atoms with van der Waals surface area (Å²) >= 11 is 0. The van der Waals surface area contributed by atoms with Crippen LogP contribution in [-0.2, 0) is 30.4 Å². The van der Waals surface area contributed by atoms with Gasteiger partial charge in [-0.25, -0.2) is 0 Å². The number of nitrogens with one attached hydrogen (secondary N) is 2. The lowest BCUT2D eigenvalue weighted by Gasteiger charge is -2.24. The number of benzene rings is 1. The van der Waals surface area contributed by atoms with Crippen LogP contribution in [0.15, 0.2) is 24.3 Å². The third-order valence-corrected chi connectivity index (χ3v) is 5.64. The Balaban J connectivity index is 3.12. The van der Waals surface area contributed by atoms with Crippen LogP contribution in [0.25, 0.3) is 0 Å². The van der Waals surface area contributed by atoms with E-state index < -0.39 is 47.6 Å². The molecule has 0 saturated carbocycles. The van der Waals surface area contributed by atoms with E-state index in [-0.39, 0.29) is 50.2 Å². The molecule has 0 aliphatic rings. The van der Waals surface area contributed by atoms with Crippen molar-refractivity contribution in [2.45, 2.75) is 70.5 Å². The summed E-state index contributed by atoms with van der Waals surface area (Å²) in [6, 6.07) is 3.34. The van der Waals surface area contributed by atoms with Gasteiger partial charge in [-0.15, -0.1) is 0 Å². The van der Waals surface area contributed by atoms with Crippen LogP contribution < -0.4 is 22.1 Å². The number of aliphatic carboxylic acids is 1. The van der Waals surface area contributed by atoms with Gasteiger partial charge in [0.25, 0.3) is 0 Å². The summed E-state index contributed by atoms with van der Waals surface area (Å²) in [7, 11) is 0. The van der Waals surface area contributed by atoms with Gasteiger partial charge in [0, 0.05) is 18.8 Å². The molecule has 0 aliphatic carbocycles. The standard InChI is InChI=1S/C24H36N4O7/c1-3-19(14(2)29)27-23(34)16(6-9-22(32)33)13-21(31)20(28-24(35)18(26)10-11-25)12-15-4-7-17(30)8-5-15/h4-5,7-8,16,18-20,30H,3,6,9-13,25-26H2,1-2H3,(H,27,34)(H,28,35)(H,32,33)/t16-,18-,19-,20-/m0/s1. The van der Waals surface area contributed by atoms with E-state index in [1.54, 1.807) is 19.1 Å². The molecule has 0 fully saturated rings. The summed E-state index contributed by atoms with van der Waals surface area (Å²) in [5.41, 5.74) is 11.9. The fourth-order valence-corrected chi connectivity index (χ4v) is 3.49. The minimum atomic E-state index is -1.13. The molecule has 0 unspecified atom stereocenters. The molecule has 11 nitrogen and oxygen atoms in total. The van der Waals surface area contributed by atoms with Crippen molar-refractivity contribution in [1.29, 1.82) is 0 Å². The number of nitrogens with two attached hydrogens (primary N) is 2. The van der Waals surface area contributed by atoms with Crippen molar-refractivity contribution in [3.05, 3.63) is 29.8 Å². The minimum absolute atomic E-state index is 0.0342. The normalized spacial score (nSPS) is 14.3. The second-order valence-corrected chi connectivity index (χ2v) is 8.50. The Kier molecular flexibility index (Phi) is 12.6. The van der Waals surface area contributed by atoms with Gasteiger partial charge in [0.05, 0.1) is 18.1 Å². The molecule has 35 heavy (non-hydrogen) atoms. The van der Waals surface area contributed by atoms with Crippen LogP contribution in [0, 0.1) is 5.92 Å². The first-order valence-corrected chi connectivity index (χ1v) is 11.6. The predicted molar refractivity (Wildman–Crippen MR) is 128 cm³/mol. The summed E-state index contributed by atoms with van der Waals surface area (Å²) in [4.78, 5) is 61.4. The third-order valence-electron chi connectivity index (χ3n) is 5.64. The van der Waals surface area contributed by atoms with Gasteiger partial charge in [-0.1, -0.05) is 19.1 Å². The number of aromatic hydroxyl groups is 1. The summed E-state index contributed by atoms with van der Waals surface area (Å²) in [6.45, 7) is 3.23. The van der Waals surface area contributed by atoms with Crippen molar-refractivity contribution in [2.75, 3.05) is 6.54 Å². The summed E-state index contributed by atoms with van der Waals surface area (Å²) in [5.74, 6) is -4.03. The first-order chi connectivity index (χ1) is 16.5. The summed E-state index contributed by atoms with van der Waals surface area (Å²) < 4.78 is 0. The number of hydrogen-bond acceptors (Lipinski definition) is 8. The lowest BCUT2D eigenvalue weighted by Crippen LogP contribution is -2.50. The number of carbonyl (C=O) groups is 5. The van der Waals surface area contributed by atoms with E-state index in [1.807, 2.05) is 0 Å². The Morgan fingerprint density at radius 2 is 1.57 bits per heavy atom. The van der Waals surface area contributed by atoms with Gasteiger partial charge in [-0.05, 0) is 56.8 Å². The quantitative estimate of drug-likeness (QED) is 0.184. The van der Waals surface area contributed by atoms with Gasteiger partial charge in [0.2, 0.25) is 11.8 Å². The topological polar surface area (TPSA) is 202 Å². The molecule has 0 aromatic heterocycles. The number of carboxylic acid groups (broad SMARTS) is 1. The van der Waals surface area contributed by atoms with E-state index in [2.05, 4.69) is 10.6 Å². The Hall–Kier alpha value is -3.31. The van der Waals surface area contributed by atoms with Crippen molar-refractivity contribution in [3.8, 4) is 5.75 Å². The number of carboxylic acids is 1. The van der Waals surface area contributed by atoms with Crippen LogP contribution in [0.3, 0.4) is 0 Å². The first-order valence-electron chi connectivity index (χ1n) is 11.6. The van der Waals surface area contributed by atoms with Crippen LogP contribution >= 0.6 is 0 Å². The van der Waals surface area contributed by atoms with Crippen LogP contribution in [-0.4, -0.2) is 64.2 Å². The molecule has 0 aliphatic heterocycles.